The second-order valence-electron chi connectivity index (χ2n) is 3.47. The van der Waals surface area contributed by atoms with Gasteiger partial charge >= 0.3 is 0 Å². The summed E-state index contributed by atoms with van der Waals surface area (Å²) in [5.74, 6) is -0.309. The highest BCUT2D eigenvalue weighted by atomic mass is 79.9. The zero-order chi connectivity index (χ0) is 13.1. The molecule has 92 valence electrons. The van der Waals surface area contributed by atoms with Gasteiger partial charge in [-0.1, -0.05) is 23.2 Å². The van der Waals surface area contributed by atoms with Crippen molar-refractivity contribution < 1.29 is 4.79 Å². The highest BCUT2D eigenvalue weighted by Gasteiger charge is 2.11. The van der Waals surface area contributed by atoms with E-state index in [4.69, 9.17) is 23.2 Å². The van der Waals surface area contributed by atoms with E-state index in [9.17, 15) is 4.79 Å². The van der Waals surface area contributed by atoms with Gasteiger partial charge in [-0.15, -0.1) is 0 Å². The molecule has 0 aliphatic carbocycles. The molecule has 0 atom stereocenters. The molecule has 1 heterocycles. The molecule has 2 rings (SSSR count). The average molecular weight is 346 g/mol. The molecule has 18 heavy (non-hydrogen) atoms. The van der Waals surface area contributed by atoms with E-state index in [-0.39, 0.29) is 5.91 Å². The molecule has 0 bridgehead atoms. The van der Waals surface area contributed by atoms with Crippen molar-refractivity contribution in [3.63, 3.8) is 0 Å². The van der Waals surface area contributed by atoms with E-state index in [0.717, 1.165) is 4.47 Å². The van der Waals surface area contributed by atoms with Gasteiger partial charge in [-0.3, -0.25) is 9.78 Å². The molecule has 1 aromatic heterocycles. The molecule has 2 aromatic rings. The van der Waals surface area contributed by atoms with Crippen LogP contribution in [0.2, 0.25) is 10.0 Å². The summed E-state index contributed by atoms with van der Waals surface area (Å²) in [5.41, 5.74) is 0.946. The maximum Gasteiger partial charge on any atom is 0.257 e. The third-order valence-corrected chi connectivity index (χ3v) is 3.12. The predicted octanol–water partition coefficient (Wildman–Crippen LogP) is 4.40. The second kappa shape index (κ2) is 5.69. The Bertz CT molecular complexity index is 604. The van der Waals surface area contributed by atoms with Gasteiger partial charge < -0.3 is 5.32 Å². The van der Waals surface area contributed by atoms with Crippen LogP contribution in [0.1, 0.15) is 10.4 Å². The van der Waals surface area contributed by atoms with Gasteiger partial charge in [0.2, 0.25) is 0 Å². The minimum absolute atomic E-state index is 0.308. The molecule has 1 N–H and O–H groups in total. The van der Waals surface area contributed by atoms with Gasteiger partial charge in [0.15, 0.2) is 0 Å². The summed E-state index contributed by atoms with van der Waals surface area (Å²) in [6.45, 7) is 0. The molecule has 1 aromatic carbocycles. The number of nitrogens with one attached hydrogen (secondary N) is 1. The van der Waals surface area contributed by atoms with Crippen LogP contribution < -0.4 is 5.32 Å². The van der Waals surface area contributed by atoms with E-state index in [1.807, 2.05) is 0 Å². The lowest BCUT2D eigenvalue weighted by Crippen LogP contribution is -2.12. The normalized spacial score (nSPS) is 10.2. The van der Waals surface area contributed by atoms with Crippen LogP contribution in [0.4, 0.5) is 5.69 Å². The monoisotopic (exact) mass is 344 g/mol. The topological polar surface area (TPSA) is 42.0 Å². The summed E-state index contributed by atoms with van der Waals surface area (Å²) in [4.78, 5) is 15.9. The van der Waals surface area contributed by atoms with Gasteiger partial charge in [0.1, 0.15) is 0 Å². The molecular formula is C12H7BrCl2N2O. The SMILES string of the molecule is O=C(Nc1cncc(Br)c1)c1ccc(Cl)cc1Cl. The number of halogens is 3. The van der Waals surface area contributed by atoms with Crippen molar-refractivity contribution in [2.75, 3.05) is 5.32 Å². The van der Waals surface area contributed by atoms with Crippen molar-refractivity contribution in [3.8, 4) is 0 Å². The van der Waals surface area contributed by atoms with Crippen molar-refractivity contribution in [1.29, 1.82) is 0 Å². The molecule has 3 nitrogen and oxygen atoms in total. The Kier molecular flexibility index (Phi) is 4.22. The zero-order valence-electron chi connectivity index (χ0n) is 8.95. The quantitative estimate of drug-likeness (QED) is 0.876. The number of aromatic nitrogens is 1. The fourth-order valence-electron chi connectivity index (χ4n) is 1.35. The number of benzene rings is 1. The van der Waals surface area contributed by atoms with Crippen molar-refractivity contribution >= 4 is 50.7 Å². The van der Waals surface area contributed by atoms with Gasteiger partial charge in [0.25, 0.3) is 5.91 Å². The highest BCUT2D eigenvalue weighted by Crippen LogP contribution is 2.22. The van der Waals surface area contributed by atoms with Crippen LogP contribution in [0.5, 0.6) is 0 Å². The van der Waals surface area contributed by atoms with E-state index < -0.39 is 0 Å². The lowest BCUT2D eigenvalue weighted by atomic mass is 10.2. The Labute approximate surface area is 122 Å². The van der Waals surface area contributed by atoms with Gasteiger partial charge in [-0.2, -0.15) is 0 Å². The number of hydrogen-bond acceptors (Lipinski definition) is 2. The lowest BCUT2D eigenvalue weighted by Gasteiger charge is -2.06. The summed E-state index contributed by atoms with van der Waals surface area (Å²) in [7, 11) is 0. The van der Waals surface area contributed by atoms with Crippen molar-refractivity contribution in [2.24, 2.45) is 0 Å². The number of amides is 1. The Balaban J connectivity index is 2.22. The molecule has 0 aliphatic heterocycles. The molecule has 0 unspecified atom stereocenters. The van der Waals surface area contributed by atoms with Crippen LogP contribution in [0.25, 0.3) is 0 Å². The van der Waals surface area contributed by atoms with Crippen molar-refractivity contribution in [3.05, 3.63) is 56.7 Å². The number of nitrogens with zero attached hydrogens (tertiary/aromatic N) is 1. The molecule has 0 saturated carbocycles. The molecule has 0 saturated heterocycles. The van der Waals surface area contributed by atoms with E-state index in [0.29, 0.717) is 21.3 Å². The van der Waals surface area contributed by atoms with E-state index in [1.54, 1.807) is 30.6 Å². The largest absolute Gasteiger partial charge is 0.321 e. The van der Waals surface area contributed by atoms with Gasteiger partial charge in [-0.05, 0) is 40.2 Å². The summed E-state index contributed by atoms with van der Waals surface area (Å²) >= 11 is 15.0. The average Bonchev–Trinajstić information content (AvgIpc) is 2.28. The Morgan fingerprint density at radius 3 is 2.67 bits per heavy atom. The molecule has 0 spiro atoms. The van der Waals surface area contributed by atoms with Crippen LogP contribution in [-0.2, 0) is 0 Å². The fraction of sp³-hybridized carbons (Fsp3) is 0. The summed E-state index contributed by atoms with van der Waals surface area (Å²) in [5, 5.41) is 3.50. The standard InChI is InChI=1S/C12H7BrCl2N2O/c13-7-3-9(6-16-5-7)17-12(18)10-2-1-8(14)4-11(10)15/h1-6H,(H,17,18). The molecule has 0 radical (unpaired) electrons. The number of anilines is 1. The number of pyridine rings is 1. The maximum absolute atomic E-state index is 12.0. The minimum atomic E-state index is -0.309. The van der Waals surface area contributed by atoms with Gasteiger partial charge in [0, 0.05) is 15.7 Å². The molecule has 1 amide bonds. The predicted molar refractivity (Wildman–Crippen MR) is 76.4 cm³/mol. The Morgan fingerprint density at radius 2 is 2.00 bits per heavy atom. The number of rotatable bonds is 2. The molecule has 0 fully saturated rings. The summed E-state index contributed by atoms with van der Waals surface area (Å²) < 4.78 is 0.780. The fourth-order valence-corrected chi connectivity index (χ4v) is 2.21. The molecule has 6 heteroatoms. The third kappa shape index (κ3) is 3.22. The van der Waals surface area contributed by atoms with E-state index >= 15 is 0 Å². The first kappa shape index (κ1) is 13.3. The van der Waals surface area contributed by atoms with Crippen LogP contribution in [0, 0.1) is 0 Å². The first-order chi connectivity index (χ1) is 8.56. The van der Waals surface area contributed by atoms with Crippen LogP contribution >= 0.6 is 39.1 Å². The van der Waals surface area contributed by atoms with Crippen LogP contribution in [-0.4, -0.2) is 10.9 Å². The minimum Gasteiger partial charge on any atom is -0.321 e. The van der Waals surface area contributed by atoms with Crippen LogP contribution in [0.15, 0.2) is 41.1 Å². The summed E-state index contributed by atoms with van der Waals surface area (Å²) in [6, 6.07) is 6.46. The van der Waals surface area contributed by atoms with Crippen molar-refractivity contribution in [2.45, 2.75) is 0 Å². The first-order valence-corrected chi connectivity index (χ1v) is 6.48. The zero-order valence-corrected chi connectivity index (χ0v) is 12.1. The highest BCUT2D eigenvalue weighted by molar-refractivity contribution is 9.10. The number of carbonyl (C=O) groups excluding carboxylic acids is 1. The van der Waals surface area contributed by atoms with E-state index in [1.165, 1.54) is 6.07 Å². The number of carbonyl (C=O) groups is 1. The van der Waals surface area contributed by atoms with Crippen molar-refractivity contribution in [1.82, 2.24) is 4.98 Å². The smallest absolute Gasteiger partial charge is 0.257 e. The third-order valence-electron chi connectivity index (χ3n) is 2.14. The number of hydrogen-bond donors (Lipinski definition) is 1. The van der Waals surface area contributed by atoms with Crippen LogP contribution in [0.3, 0.4) is 0 Å². The van der Waals surface area contributed by atoms with Gasteiger partial charge in [-0.25, -0.2) is 0 Å². The lowest BCUT2D eigenvalue weighted by molar-refractivity contribution is 0.102. The van der Waals surface area contributed by atoms with Gasteiger partial charge in [0.05, 0.1) is 22.5 Å². The molecular weight excluding hydrogens is 339 g/mol. The first-order valence-electron chi connectivity index (χ1n) is 4.93. The second-order valence-corrected chi connectivity index (χ2v) is 5.23. The Morgan fingerprint density at radius 1 is 1.22 bits per heavy atom. The maximum atomic E-state index is 12.0. The molecule has 0 aliphatic rings. The summed E-state index contributed by atoms with van der Waals surface area (Å²) in [6.07, 6.45) is 3.18. The Hall–Kier alpha value is -1.10. The van der Waals surface area contributed by atoms with E-state index in [2.05, 4.69) is 26.2 Å².